The molecule has 1 N–H and O–H groups in total. The number of carbonyl (C=O) groups excluding carboxylic acids is 1. The summed E-state index contributed by atoms with van der Waals surface area (Å²) in [5, 5.41) is 7.88. The second kappa shape index (κ2) is 6.28. The fraction of sp³-hybridized carbons (Fsp3) is 0.550. The lowest BCUT2D eigenvalue weighted by molar-refractivity contribution is 0.0932. The summed E-state index contributed by atoms with van der Waals surface area (Å²) in [6, 6.07) is 4.48. The van der Waals surface area contributed by atoms with Crippen molar-refractivity contribution in [3.8, 4) is 0 Å². The van der Waals surface area contributed by atoms with Crippen molar-refractivity contribution >= 4 is 5.91 Å². The van der Waals surface area contributed by atoms with Gasteiger partial charge in [-0.25, -0.2) is 0 Å². The van der Waals surface area contributed by atoms with Crippen LogP contribution in [-0.2, 0) is 12.8 Å². The topological polar surface area (TPSA) is 59.8 Å². The van der Waals surface area contributed by atoms with E-state index in [1.54, 1.807) is 0 Å². The van der Waals surface area contributed by atoms with Crippen LogP contribution in [0.2, 0.25) is 0 Å². The molecule has 2 aromatic heterocycles. The minimum Gasteiger partial charge on any atom is -0.349 e. The summed E-state index contributed by atoms with van der Waals surface area (Å²) in [6.45, 7) is 6.21. The SMILES string of the molecule is Cc1nc(C2CC2)ccc1C(=O)NC1CCc2cn(C(C)C)nc2C1. The molecule has 25 heavy (non-hydrogen) atoms. The molecule has 2 aliphatic carbocycles. The van der Waals surface area contributed by atoms with E-state index in [2.05, 4.69) is 35.4 Å². The molecule has 0 saturated heterocycles. The molecule has 1 saturated carbocycles. The minimum atomic E-state index is -0.0101. The second-order valence-electron chi connectivity index (χ2n) is 7.73. The van der Waals surface area contributed by atoms with Gasteiger partial charge in [-0.3, -0.25) is 14.5 Å². The first-order valence-corrected chi connectivity index (χ1v) is 9.36. The van der Waals surface area contributed by atoms with Crippen LogP contribution in [-0.4, -0.2) is 26.7 Å². The number of carbonyl (C=O) groups is 1. The lowest BCUT2D eigenvalue weighted by atomic mass is 9.93. The summed E-state index contributed by atoms with van der Waals surface area (Å²) in [6.07, 6.45) is 7.37. The van der Waals surface area contributed by atoms with Crippen LogP contribution >= 0.6 is 0 Å². The van der Waals surface area contributed by atoms with Gasteiger partial charge in [0.15, 0.2) is 0 Å². The van der Waals surface area contributed by atoms with Crippen molar-refractivity contribution in [2.45, 2.75) is 70.9 Å². The van der Waals surface area contributed by atoms with E-state index in [-0.39, 0.29) is 11.9 Å². The number of fused-ring (bicyclic) bond motifs is 1. The highest BCUT2D eigenvalue weighted by atomic mass is 16.1. The van der Waals surface area contributed by atoms with E-state index in [1.807, 2.05) is 23.7 Å². The zero-order chi connectivity index (χ0) is 17.6. The van der Waals surface area contributed by atoms with E-state index in [4.69, 9.17) is 0 Å². The van der Waals surface area contributed by atoms with E-state index in [9.17, 15) is 4.79 Å². The molecule has 2 heterocycles. The van der Waals surface area contributed by atoms with E-state index in [0.717, 1.165) is 36.3 Å². The second-order valence-corrected chi connectivity index (χ2v) is 7.73. The first-order valence-electron chi connectivity index (χ1n) is 9.36. The number of aromatic nitrogens is 3. The average molecular weight is 338 g/mol. The Bertz CT molecular complexity index is 804. The zero-order valence-corrected chi connectivity index (χ0v) is 15.2. The molecule has 2 aromatic rings. The maximum Gasteiger partial charge on any atom is 0.253 e. The first kappa shape index (κ1) is 16.3. The van der Waals surface area contributed by atoms with Crippen LogP contribution < -0.4 is 5.32 Å². The number of hydrogen-bond donors (Lipinski definition) is 1. The van der Waals surface area contributed by atoms with Gasteiger partial charge in [0.2, 0.25) is 0 Å². The van der Waals surface area contributed by atoms with Crippen LogP contribution in [0.4, 0.5) is 0 Å². The summed E-state index contributed by atoms with van der Waals surface area (Å²) in [5.74, 6) is 0.604. The molecule has 2 aliphatic rings. The normalized spacial score (nSPS) is 19.8. The molecule has 4 rings (SSSR count). The largest absolute Gasteiger partial charge is 0.349 e. The summed E-state index contributed by atoms with van der Waals surface area (Å²) >= 11 is 0. The minimum absolute atomic E-state index is 0.0101. The van der Waals surface area contributed by atoms with Crippen molar-refractivity contribution in [1.29, 1.82) is 0 Å². The van der Waals surface area contributed by atoms with Gasteiger partial charge < -0.3 is 5.32 Å². The van der Waals surface area contributed by atoms with Crippen LogP contribution in [0.5, 0.6) is 0 Å². The highest BCUT2D eigenvalue weighted by Crippen LogP contribution is 2.39. The van der Waals surface area contributed by atoms with Crippen molar-refractivity contribution < 1.29 is 4.79 Å². The summed E-state index contributed by atoms with van der Waals surface area (Å²) < 4.78 is 2.03. The van der Waals surface area contributed by atoms with Gasteiger partial charge in [0.25, 0.3) is 5.91 Å². The lowest BCUT2D eigenvalue weighted by Gasteiger charge is -2.22. The molecule has 0 radical (unpaired) electrons. The van der Waals surface area contributed by atoms with Gasteiger partial charge in [0.05, 0.1) is 17.0 Å². The Morgan fingerprint density at radius 1 is 1.28 bits per heavy atom. The van der Waals surface area contributed by atoms with Crippen LogP contribution in [0.1, 0.15) is 78.1 Å². The smallest absolute Gasteiger partial charge is 0.253 e. The molecule has 5 heteroatoms. The molecule has 1 amide bonds. The number of amides is 1. The van der Waals surface area contributed by atoms with Gasteiger partial charge >= 0.3 is 0 Å². The highest BCUT2D eigenvalue weighted by Gasteiger charge is 2.27. The molecule has 0 aromatic carbocycles. The number of pyridine rings is 1. The molecule has 1 atom stereocenters. The number of nitrogens with zero attached hydrogens (tertiary/aromatic N) is 3. The van der Waals surface area contributed by atoms with Crippen molar-refractivity contribution in [2.24, 2.45) is 0 Å². The standard InChI is InChI=1S/C20H26N4O/c1-12(2)24-11-15-6-7-16(10-19(15)23-24)22-20(25)17-8-9-18(14-4-5-14)21-13(17)3/h8-9,11-12,14,16H,4-7,10H2,1-3H3,(H,22,25). The van der Waals surface area contributed by atoms with Gasteiger partial charge in [-0.05, 0) is 64.2 Å². The molecule has 1 unspecified atom stereocenters. The Labute approximate surface area is 148 Å². The third kappa shape index (κ3) is 3.32. The maximum absolute atomic E-state index is 12.7. The molecule has 1 fully saturated rings. The third-order valence-electron chi connectivity index (χ3n) is 5.31. The van der Waals surface area contributed by atoms with Gasteiger partial charge in [-0.2, -0.15) is 5.10 Å². The van der Waals surface area contributed by atoms with Crippen molar-refractivity contribution in [1.82, 2.24) is 20.1 Å². The predicted octanol–water partition coefficient (Wildman–Crippen LogP) is 3.33. The summed E-state index contributed by atoms with van der Waals surface area (Å²) in [5.41, 5.74) is 5.12. The van der Waals surface area contributed by atoms with Gasteiger partial charge in [-0.15, -0.1) is 0 Å². The average Bonchev–Trinajstić information content (AvgIpc) is 3.33. The Morgan fingerprint density at radius 3 is 2.76 bits per heavy atom. The molecule has 0 bridgehead atoms. The van der Waals surface area contributed by atoms with Gasteiger partial charge in [-0.1, -0.05) is 0 Å². The Hall–Kier alpha value is -2.17. The number of hydrogen-bond acceptors (Lipinski definition) is 3. The Morgan fingerprint density at radius 2 is 2.08 bits per heavy atom. The third-order valence-corrected chi connectivity index (χ3v) is 5.31. The fourth-order valence-corrected chi connectivity index (χ4v) is 3.59. The monoisotopic (exact) mass is 338 g/mol. The fourth-order valence-electron chi connectivity index (χ4n) is 3.59. The highest BCUT2D eigenvalue weighted by molar-refractivity contribution is 5.95. The molecular weight excluding hydrogens is 312 g/mol. The first-order chi connectivity index (χ1) is 12.0. The molecule has 132 valence electrons. The van der Waals surface area contributed by atoms with Crippen LogP contribution in [0.25, 0.3) is 0 Å². The quantitative estimate of drug-likeness (QED) is 0.930. The maximum atomic E-state index is 12.7. The van der Waals surface area contributed by atoms with E-state index >= 15 is 0 Å². The summed E-state index contributed by atoms with van der Waals surface area (Å²) in [4.78, 5) is 17.3. The number of aryl methyl sites for hydroxylation is 2. The van der Waals surface area contributed by atoms with Crippen molar-refractivity contribution in [3.05, 3.63) is 46.5 Å². The van der Waals surface area contributed by atoms with Crippen LogP contribution in [0.3, 0.4) is 0 Å². The van der Waals surface area contributed by atoms with Crippen LogP contribution in [0.15, 0.2) is 18.3 Å². The van der Waals surface area contributed by atoms with Gasteiger partial charge in [0.1, 0.15) is 0 Å². The van der Waals surface area contributed by atoms with Crippen molar-refractivity contribution in [3.63, 3.8) is 0 Å². The Kier molecular flexibility index (Phi) is 4.10. The van der Waals surface area contributed by atoms with Crippen molar-refractivity contribution in [2.75, 3.05) is 0 Å². The van der Waals surface area contributed by atoms with Gasteiger partial charge in [0, 0.05) is 36.3 Å². The number of nitrogens with one attached hydrogen (secondary N) is 1. The molecule has 5 nitrogen and oxygen atoms in total. The van der Waals surface area contributed by atoms with Crippen LogP contribution in [0, 0.1) is 6.92 Å². The molecule has 0 spiro atoms. The molecular formula is C20H26N4O. The van der Waals surface area contributed by atoms with E-state index in [1.165, 1.54) is 18.4 Å². The van der Waals surface area contributed by atoms with E-state index < -0.39 is 0 Å². The zero-order valence-electron chi connectivity index (χ0n) is 15.2. The summed E-state index contributed by atoms with van der Waals surface area (Å²) in [7, 11) is 0. The number of rotatable bonds is 4. The lowest BCUT2D eigenvalue weighted by Crippen LogP contribution is -2.39. The predicted molar refractivity (Wildman–Crippen MR) is 96.8 cm³/mol. The van der Waals surface area contributed by atoms with E-state index in [0.29, 0.717) is 17.5 Å². The molecule has 0 aliphatic heterocycles. The Balaban J connectivity index is 1.44.